The van der Waals surface area contributed by atoms with Gasteiger partial charge in [-0.15, -0.1) is 0 Å². The van der Waals surface area contributed by atoms with E-state index in [1.54, 1.807) is 11.8 Å². The molecule has 1 rings (SSSR count). The lowest BCUT2D eigenvalue weighted by Gasteiger charge is -2.29. The molecule has 3 nitrogen and oxygen atoms in total. The molecule has 112 valence electrons. The van der Waals surface area contributed by atoms with Crippen LogP contribution in [0.5, 0.6) is 0 Å². The highest BCUT2D eigenvalue weighted by Gasteiger charge is 2.30. The second-order valence-corrected chi connectivity index (χ2v) is 6.97. The maximum atomic E-state index is 11.6. The van der Waals surface area contributed by atoms with Gasteiger partial charge in [0.1, 0.15) is 0 Å². The van der Waals surface area contributed by atoms with Gasteiger partial charge in [-0.2, -0.15) is 11.8 Å². The van der Waals surface area contributed by atoms with Gasteiger partial charge >= 0.3 is 0 Å². The number of primary amides is 1. The Balaban J connectivity index is 2.41. The van der Waals surface area contributed by atoms with Gasteiger partial charge in [-0.3, -0.25) is 4.79 Å². The van der Waals surface area contributed by atoms with Crippen LogP contribution < -0.4 is 11.1 Å². The van der Waals surface area contributed by atoms with Crippen molar-refractivity contribution in [3.63, 3.8) is 0 Å². The number of benzene rings is 1. The number of halogens is 1. The molecule has 20 heavy (non-hydrogen) atoms. The van der Waals surface area contributed by atoms with Gasteiger partial charge in [0.05, 0.1) is 5.54 Å². The van der Waals surface area contributed by atoms with Crippen LogP contribution in [0.4, 0.5) is 0 Å². The van der Waals surface area contributed by atoms with Crippen LogP contribution in [0.1, 0.15) is 32.8 Å². The number of carbonyl (C=O) groups excluding carboxylic acids is 1. The standard InChI is InChI=1S/C15H23ClN2OS/c1-11(2)18-15(3,14(17)19)8-9-20-10-12-4-6-13(16)7-5-12/h4-7,11,18H,8-10H2,1-3H3,(H2,17,19). The van der Waals surface area contributed by atoms with Crippen molar-refractivity contribution in [1.82, 2.24) is 5.32 Å². The molecular formula is C15H23ClN2OS. The summed E-state index contributed by atoms with van der Waals surface area (Å²) < 4.78 is 0. The Kier molecular flexibility index (Phi) is 6.86. The first kappa shape index (κ1) is 17.3. The highest BCUT2D eigenvalue weighted by molar-refractivity contribution is 7.98. The summed E-state index contributed by atoms with van der Waals surface area (Å²) >= 11 is 7.64. The van der Waals surface area contributed by atoms with E-state index in [2.05, 4.69) is 5.32 Å². The van der Waals surface area contributed by atoms with E-state index in [1.165, 1.54) is 5.56 Å². The summed E-state index contributed by atoms with van der Waals surface area (Å²) in [6, 6.07) is 8.06. The first-order chi connectivity index (χ1) is 9.33. The number of thioether (sulfide) groups is 1. The first-order valence-electron chi connectivity index (χ1n) is 6.73. The van der Waals surface area contributed by atoms with Crippen molar-refractivity contribution >= 4 is 29.3 Å². The van der Waals surface area contributed by atoms with Gasteiger partial charge in [0.15, 0.2) is 0 Å². The molecule has 0 bridgehead atoms. The van der Waals surface area contributed by atoms with Gasteiger partial charge in [-0.1, -0.05) is 23.7 Å². The van der Waals surface area contributed by atoms with Crippen molar-refractivity contribution in [2.45, 2.75) is 44.5 Å². The molecule has 3 N–H and O–H groups in total. The third-order valence-corrected chi connectivity index (χ3v) is 4.36. The van der Waals surface area contributed by atoms with Crippen molar-refractivity contribution in [3.05, 3.63) is 34.9 Å². The second-order valence-electron chi connectivity index (χ2n) is 5.42. The van der Waals surface area contributed by atoms with E-state index >= 15 is 0 Å². The first-order valence-corrected chi connectivity index (χ1v) is 8.26. The van der Waals surface area contributed by atoms with Gasteiger partial charge in [-0.05, 0) is 50.6 Å². The Morgan fingerprint density at radius 2 is 2.00 bits per heavy atom. The average molecular weight is 315 g/mol. The minimum atomic E-state index is -0.638. The van der Waals surface area contributed by atoms with E-state index in [1.807, 2.05) is 45.0 Å². The Morgan fingerprint density at radius 3 is 2.50 bits per heavy atom. The topological polar surface area (TPSA) is 55.1 Å². The number of rotatable bonds is 8. The molecule has 1 aromatic rings. The molecule has 0 radical (unpaired) electrons. The number of amides is 1. The largest absolute Gasteiger partial charge is 0.368 e. The minimum Gasteiger partial charge on any atom is -0.368 e. The number of hydrogen-bond acceptors (Lipinski definition) is 3. The van der Waals surface area contributed by atoms with E-state index in [4.69, 9.17) is 17.3 Å². The van der Waals surface area contributed by atoms with Crippen LogP contribution in [0.25, 0.3) is 0 Å². The van der Waals surface area contributed by atoms with Crippen molar-refractivity contribution in [2.75, 3.05) is 5.75 Å². The lowest BCUT2D eigenvalue weighted by Crippen LogP contribution is -2.55. The molecule has 0 aliphatic carbocycles. The van der Waals surface area contributed by atoms with E-state index in [-0.39, 0.29) is 11.9 Å². The van der Waals surface area contributed by atoms with Gasteiger partial charge in [0, 0.05) is 16.8 Å². The summed E-state index contributed by atoms with van der Waals surface area (Å²) in [4.78, 5) is 11.6. The zero-order valence-corrected chi connectivity index (χ0v) is 13.9. The molecule has 1 amide bonds. The van der Waals surface area contributed by atoms with Crippen LogP contribution in [0, 0.1) is 0 Å². The van der Waals surface area contributed by atoms with Gasteiger partial charge in [0.25, 0.3) is 0 Å². The predicted molar refractivity (Wildman–Crippen MR) is 88.1 cm³/mol. The Morgan fingerprint density at radius 1 is 1.40 bits per heavy atom. The van der Waals surface area contributed by atoms with Crippen LogP contribution in [0.2, 0.25) is 5.02 Å². The van der Waals surface area contributed by atoms with Gasteiger partial charge in [-0.25, -0.2) is 0 Å². The molecule has 0 aromatic heterocycles. The highest BCUT2D eigenvalue weighted by atomic mass is 35.5. The Labute approximate surface area is 130 Å². The average Bonchev–Trinajstić information content (AvgIpc) is 2.36. The molecule has 0 saturated carbocycles. The minimum absolute atomic E-state index is 0.230. The molecular weight excluding hydrogens is 292 g/mol. The smallest absolute Gasteiger partial charge is 0.237 e. The maximum absolute atomic E-state index is 11.6. The number of nitrogens with one attached hydrogen (secondary N) is 1. The molecule has 0 spiro atoms. The molecule has 0 saturated heterocycles. The third-order valence-electron chi connectivity index (χ3n) is 3.08. The van der Waals surface area contributed by atoms with Crippen LogP contribution in [0.3, 0.4) is 0 Å². The summed E-state index contributed by atoms with van der Waals surface area (Å²) in [6.45, 7) is 5.91. The van der Waals surface area contributed by atoms with Crippen molar-refractivity contribution < 1.29 is 4.79 Å². The maximum Gasteiger partial charge on any atom is 0.237 e. The van der Waals surface area contributed by atoms with E-state index in [9.17, 15) is 4.79 Å². The molecule has 0 heterocycles. The van der Waals surface area contributed by atoms with Crippen LogP contribution in [-0.4, -0.2) is 23.2 Å². The van der Waals surface area contributed by atoms with E-state index in [0.717, 1.165) is 22.9 Å². The predicted octanol–water partition coefficient (Wildman–Crippen LogP) is 3.21. The fourth-order valence-corrected chi connectivity index (χ4v) is 3.20. The summed E-state index contributed by atoms with van der Waals surface area (Å²) in [5.41, 5.74) is 6.10. The van der Waals surface area contributed by atoms with Crippen molar-refractivity contribution in [3.8, 4) is 0 Å². The van der Waals surface area contributed by atoms with Crippen molar-refractivity contribution in [1.29, 1.82) is 0 Å². The number of nitrogens with two attached hydrogens (primary N) is 1. The van der Waals surface area contributed by atoms with Crippen molar-refractivity contribution in [2.24, 2.45) is 5.73 Å². The summed E-state index contributed by atoms with van der Waals surface area (Å²) in [6.07, 6.45) is 0.721. The van der Waals surface area contributed by atoms with E-state index < -0.39 is 5.54 Å². The van der Waals surface area contributed by atoms with Crippen LogP contribution >= 0.6 is 23.4 Å². The third kappa shape index (κ3) is 5.73. The van der Waals surface area contributed by atoms with E-state index in [0.29, 0.717) is 0 Å². The molecule has 1 unspecified atom stereocenters. The number of hydrogen-bond donors (Lipinski definition) is 2. The fourth-order valence-electron chi connectivity index (χ4n) is 1.95. The van der Waals surface area contributed by atoms with Crippen LogP contribution in [0.15, 0.2) is 24.3 Å². The molecule has 1 aromatic carbocycles. The SMILES string of the molecule is CC(C)NC(C)(CCSCc1ccc(Cl)cc1)C(N)=O. The van der Waals surface area contributed by atoms with Gasteiger partial charge in [0.2, 0.25) is 5.91 Å². The number of carbonyl (C=O) groups is 1. The zero-order valence-electron chi connectivity index (χ0n) is 12.3. The molecule has 0 fully saturated rings. The molecule has 0 aliphatic heterocycles. The Bertz CT molecular complexity index is 436. The Hall–Kier alpha value is -0.710. The fraction of sp³-hybridized carbons (Fsp3) is 0.533. The summed E-state index contributed by atoms with van der Waals surface area (Å²) in [7, 11) is 0. The molecule has 5 heteroatoms. The van der Waals surface area contributed by atoms with Gasteiger partial charge < -0.3 is 11.1 Å². The summed E-state index contributed by atoms with van der Waals surface area (Å²) in [5, 5.41) is 4.01. The molecule has 0 aliphatic rings. The second kappa shape index (κ2) is 7.91. The zero-order chi connectivity index (χ0) is 15.2. The monoisotopic (exact) mass is 314 g/mol. The lowest BCUT2D eigenvalue weighted by molar-refractivity contribution is -0.124. The normalized spacial score (nSPS) is 14.2. The lowest BCUT2D eigenvalue weighted by atomic mass is 9.97. The highest BCUT2D eigenvalue weighted by Crippen LogP contribution is 2.19. The van der Waals surface area contributed by atoms with Crippen LogP contribution in [-0.2, 0) is 10.5 Å². The summed E-state index contributed by atoms with van der Waals surface area (Å²) in [5.74, 6) is 1.49. The molecule has 1 atom stereocenters. The quantitative estimate of drug-likeness (QED) is 0.724.